The lowest BCUT2D eigenvalue weighted by Gasteiger charge is -2.32. The van der Waals surface area contributed by atoms with Crippen molar-refractivity contribution in [3.63, 3.8) is 0 Å². The normalized spacial score (nSPS) is 17.5. The van der Waals surface area contributed by atoms with Gasteiger partial charge in [0.1, 0.15) is 0 Å². The smallest absolute Gasteiger partial charge is 0.321 e. The van der Waals surface area contributed by atoms with E-state index in [2.05, 4.69) is 38.2 Å². The van der Waals surface area contributed by atoms with Crippen LogP contribution in [-0.2, 0) is 16.0 Å². The number of nitrogens with zero attached hydrogens (tertiary/aromatic N) is 1. The van der Waals surface area contributed by atoms with Crippen LogP contribution in [0.2, 0.25) is 0 Å². The minimum atomic E-state index is -0.217. The standard InChI is InChI=1S/C20H30N2O3/c1-5-15-9-7-11-17(14(3)4)18(15)21-20(24)22-12-8-10-16(13-22)19(23)25-6-2/h7,9,11,14,16H,5-6,8,10,12-13H2,1-4H3,(H,21,24). The third-order valence-corrected chi connectivity index (χ3v) is 4.75. The molecule has 1 unspecified atom stereocenters. The summed E-state index contributed by atoms with van der Waals surface area (Å²) in [4.78, 5) is 26.5. The number of para-hydroxylation sites is 1. The topological polar surface area (TPSA) is 58.6 Å². The van der Waals surface area contributed by atoms with Crippen molar-refractivity contribution in [2.24, 2.45) is 5.92 Å². The molecule has 25 heavy (non-hydrogen) atoms. The Bertz CT molecular complexity index is 613. The first kappa shape index (κ1) is 19.3. The van der Waals surface area contributed by atoms with Gasteiger partial charge in [-0.15, -0.1) is 0 Å². The SMILES string of the molecule is CCOC(=O)C1CCCN(C(=O)Nc2c(CC)cccc2C(C)C)C1. The third-order valence-electron chi connectivity index (χ3n) is 4.75. The monoisotopic (exact) mass is 346 g/mol. The van der Waals surface area contributed by atoms with E-state index in [1.165, 1.54) is 0 Å². The molecule has 1 heterocycles. The number of piperidine rings is 1. The molecule has 0 spiro atoms. The van der Waals surface area contributed by atoms with Gasteiger partial charge in [-0.25, -0.2) is 4.79 Å². The molecule has 1 aliphatic heterocycles. The van der Waals surface area contributed by atoms with E-state index < -0.39 is 0 Å². The van der Waals surface area contributed by atoms with E-state index in [0.29, 0.717) is 25.6 Å². The fourth-order valence-corrected chi connectivity index (χ4v) is 3.35. The van der Waals surface area contributed by atoms with Crippen LogP contribution in [0.1, 0.15) is 57.6 Å². The maximum Gasteiger partial charge on any atom is 0.321 e. The largest absolute Gasteiger partial charge is 0.466 e. The van der Waals surface area contributed by atoms with E-state index in [0.717, 1.165) is 36.1 Å². The van der Waals surface area contributed by atoms with E-state index in [1.807, 2.05) is 6.07 Å². The quantitative estimate of drug-likeness (QED) is 0.814. The fraction of sp³-hybridized carbons (Fsp3) is 0.600. The fourth-order valence-electron chi connectivity index (χ4n) is 3.35. The third kappa shape index (κ3) is 4.74. The van der Waals surface area contributed by atoms with Gasteiger partial charge in [-0.05, 0) is 43.2 Å². The molecule has 0 radical (unpaired) electrons. The summed E-state index contributed by atoms with van der Waals surface area (Å²) in [6.45, 7) is 9.63. The summed E-state index contributed by atoms with van der Waals surface area (Å²) >= 11 is 0. The number of likely N-dealkylation sites (tertiary alicyclic amines) is 1. The maximum absolute atomic E-state index is 12.8. The van der Waals surface area contributed by atoms with Gasteiger partial charge in [0.2, 0.25) is 0 Å². The number of rotatable bonds is 5. The second kappa shape index (κ2) is 8.88. The zero-order valence-corrected chi connectivity index (χ0v) is 15.8. The summed E-state index contributed by atoms with van der Waals surface area (Å²) in [5.41, 5.74) is 3.20. The van der Waals surface area contributed by atoms with Gasteiger partial charge in [0, 0.05) is 18.8 Å². The predicted molar refractivity (Wildman–Crippen MR) is 99.9 cm³/mol. The molecule has 0 saturated carbocycles. The van der Waals surface area contributed by atoms with Gasteiger partial charge in [-0.1, -0.05) is 39.0 Å². The Morgan fingerprint density at radius 1 is 1.32 bits per heavy atom. The number of urea groups is 1. The number of hydrogen-bond acceptors (Lipinski definition) is 3. The van der Waals surface area contributed by atoms with Crippen LogP contribution in [-0.4, -0.2) is 36.6 Å². The summed E-state index contributed by atoms with van der Waals surface area (Å²) in [5.74, 6) is -0.0855. The van der Waals surface area contributed by atoms with Gasteiger partial charge in [-0.2, -0.15) is 0 Å². The number of aryl methyl sites for hydroxylation is 1. The lowest BCUT2D eigenvalue weighted by Crippen LogP contribution is -2.45. The summed E-state index contributed by atoms with van der Waals surface area (Å²) in [6, 6.07) is 6.04. The molecule has 5 nitrogen and oxygen atoms in total. The van der Waals surface area contributed by atoms with E-state index in [4.69, 9.17) is 4.74 Å². The first-order chi connectivity index (χ1) is 12.0. The molecule has 0 aromatic heterocycles. The van der Waals surface area contributed by atoms with Crippen molar-refractivity contribution in [3.05, 3.63) is 29.3 Å². The summed E-state index contributed by atoms with van der Waals surface area (Å²) in [7, 11) is 0. The molecule has 2 amide bonds. The number of hydrogen-bond donors (Lipinski definition) is 1. The van der Waals surface area contributed by atoms with Crippen molar-refractivity contribution < 1.29 is 14.3 Å². The van der Waals surface area contributed by atoms with Gasteiger partial charge < -0.3 is 15.0 Å². The lowest BCUT2D eigenvalue weighted by atomic mass is 9.96. The van der Waals surface area contributed by atoms with Crippen LogP contribution in [0.5, 0.6) is 0 Å². The Kier molecular flexibility index (Phi) is 6.85. The number of anilines is 1. The van der Waals surface area contributed by atoms with Gasteiger partial charge >= 0.3 is 12.0 Å². The Balaban J connectivity index is 2.13. The van der Waals surface area contributed by atoms with Gasteiger partial charge in [-0.3, -0.25) is 4.79 Å². The van der Waals surface area contributed by atoms with Crippen molar-refractivity contribution in [3.8, 4) is 0 Å². The molecule has 138 valence electrons. The maximum atomic E-state index is 12.8. The van der Waals surface area contributed by atoms with Crippen LogP contribution in [0.25, 0.3) is 0 Å². The number of amides is 2. The highest BCUT2D eigenvalue weighted by molar-refractivity contribution is 5.91. The van der Waals surface area contributed by atoms with E-state index in [1.54, 1.807) is 11.8 Å². The average molecular weight is 346 g/mol. The number of carbonyl (C=O) groups is 2. The molecule has 1 aliphatic rings. The van der Waals surface area contributed by atoms with Crippen molar-refractivity contribution in [2.75, 3.05) is 25.0 Å². The van der Waals surface area contributed by atoms with Crippen LogP contribution < -0.4 is 5.32 Å². The van der Waals surface area contributed by atoms with Crippen molar-refractivity contribution in [1.82, 2.24) is 4.90 Å². The summed E-state index contributed by atoms with van der Waals surface area (Å²) in [5, 5.41) is 3.11. The molecular weight excluding hydrogens is 316 g/mol. The van der Waals surface area contributed by atoms with E-state index >= 15 is 0 Å². The average Bonchev–Trinajstić information content (AvgIpc) is 2.62. The molecular formula is C20H30N2O3. The Hall–Kier alpha value is -2.04. The molecule has 0 aliphatic carbocycles. The molecule has 1 fully saturated rings. The van der Waals surface area contributed by atoms with Crippen LogP contribution >= 0.6 is 0 Å². The number of nitrogens with one attached hydrogen (secondary N) is 1. The van der Waals surface area contributed by atoms with Gasteiger partial charge in [0.15, 0.2) is 0 Å². The van der Waals surface area contributed by atoms with Crippen molar-refractivity contribution >= 4 is 17.7 Å². The molecule has 2 rings (SSSR count). The van der Waals surface area contributed by atoms with Crippen LogP contribution in [0.3, 0.4) is 0 Å². The minimum Gasteiger partial charge on any atom is -0.466 e. The first-order valence-electron chi connectivity index (χ1n) is 9.32. The summed E-state index contributed by atoms with van der Waals surface area (Å²) < 4.78 is 5.12. The Morgan fingerprint density at radius 2 is 2.08 bits per heavy atom. The minimum absolute atomic E-state index is 0.128. The number of carbonyl (C=O) groups excluding carboxylic acids is 2. The summed E-state index contributed by atoms with van der Waals surface area (Å²) in [6.07, 6.45) is 2.47. The molecule has 1 aromatic rings. The number of esters is 1. The molecule has 0 bridgehead atoms. The zero-order valence-electron chi connectivity index (χ0n) is 15.8. The van der Waals surface area contributed by atoms with Crippen LogP contribution in [0.15, 0.2) is 18.2 Å². The van der Waals surface area contributed by atoms with Crippen molar-refractivity contribution in [1.29, 1.82) is 0 Å². The van der Waals surface area contributed by atoms with Gasteiger partial charge in [0.25, 0.3) is 0 Å². The first-order valence-corrected chi connectivity index (χ1v) is 9.32. The second-order valence-corrected chi connectivity index (χ2v) is 6.86. The number of ether oxygens (including phenoxy) is 1. The van der Waals surface area contributed by atoms with Gasteiger partial charge in [0.05, 0.1) is 12.5 Å². The lowest BCUT2D eigenvalue weighted by molar-refractivity contribution is -0.149. The highest BCUT2D eigenvalue weighted by Gasteiger charge is 2.29. The van der Waals surface area contributed by atoms with E-state index in [9.17, 15) is 9.59 Å². The van der Waals surface area contributed by atoms with Crippen molar-refractivity contribution in [2.45, 2.75) is 52.9 Å². The molecule has 1 atom stereocenters. The second-order valence-electron chi connectivity index (χ2n) is 6.86. The van der Waals surface area contributed by atoms with Crippen LogP contribution in [0.4, 0.5) is 10.5 Å². The Morgan fingerprint density at radius 3 is 2.72 bits per heavy atom. The highest BCUT2D eigenvalue weighted by Crippen LogP contribution is 2.29. The van der Waals surface area contributed by atoms with E-state index in [-0.39, 0.29) is 17.9 Å². The Labute approximate surface area is 150 Å². The molecule has 5 heteroatoms. The molecule has 1 N–H and O–H groups in total. The van der Waals surface area contributed by atoms with Crippen LogP contribution in [0, 0.1) is 5.92 Å². The number of benzene rings is 1. The molecule has 1 saturated heterocycles. The predicted octanol–water partition coefficient (Wildman–Crippen LogP) is 4.18. The zero-order chi connectivity index (χ0) is 18.4. The highest BCUT2D eigenvalue weighted by atomic mass is 16.5. The molecule has 1 aromatic carbocycles.